The molecule has 1 aromatic heterocycles. The molecule has 3 nitrogen and oxygen atoms in total. The molecule has 5 heteroatoms. The minimum Gasteiger partial charge on any atom is -0.482 e. The average molecular weight is 189 g/mol. The van der Waals surface area contributed by atoms with E-state index < -0.39 is 12.0 Å². The highest BCUT2D eigenvalue weighted by molar-refractivity contribution is 5.34. The summed E-state index contributed by atoms with van der Waals surface area (Å²) in [6, 6.07) is 1.12. The van der Waals surface area contributed by atoms with Gasteiger partial charge in [0, 0.05) is 6.07 Å². The van der Waals surface area contributed by atoms with Gasteiger partial charge in [-0.2, -0.15) is 0 Å². The van der Waals surface area contributed by atoms with E-state index in [1.54, 1.807) is 0 Å². The first-order valence-corrected chi connectivity index (χ1v) is 3.62. The van der Waals surface area contributed by atoms with Crippen LogP contribution >= 0.6 is 0 Å². The van der Waals surface area contributed by atoms with Crippen molar-refractivity contribution in [3.8, 4) is 5.88 Å². The molecule has 72 valence electrons. The summed E-state index contributed by atoms with van der Waals surface area (Å²) >= 11 is 0. The Morgan fingerprint density at radius 2 is 2.15 bits per heavy atom. The van der Waals surface area contributed by atoms with Crippen LogP contribution < -0.4 is 10.3 Å². The van der Waals surface area contributed by atoms with Gasteiger partial charge in [0.25, 0.3) is 12.0 Å². The van der Waals surface area contributed by atoms with Crippen LogP contribution in [0.1, 0.15) is 17.6 Å². The zero-order chi connectivity index (χ0) is 10.0. The summed E-state index contributed by atoms with van der Waals surface area (Å²) in [6.07, 6.45) is -2.65. The predicted octanol–water partition coefficient (Wildman–Crippen LogP) is 1.63. The van der Waals surface area contributed by atoms with E-state index in [2.05, 4.69) is 9.72 Å². The number of halogens is 2. The fourth-order valence-electron chi connectivity index (χ4n) is 1.10. The van der Waals surface area contributed by atoms with Gasteiger partial charge in [-0.25, -0.2) is 8.78 Å². The van der Waals surface area contributed by atoms with Gasteiger partial charge in [-0.05, 0) is 12.5 Å². The molecule has 1 heterocycles. The van der Waals surface area contributed by atoms with Crippen LogP contribution in [-0.4, -0.2) is 12.1 Å². The van der Waals surface area contributed by atoms with Gasteiger partial charge in [-0.15, -0.1) is 0 Å². The molecule has 0 aliphatic rings. The lowest BCUT2D eigenvalue weighted by atomic mass is 10.1. The number of rotatable bonds is 2. The van der Waals surface area contributed by atoms with Gasteiger partial charge in [-0.1, -0.05) is 0 Å². The SMILES string of the molecule is COc1[nH]c(=O)cc(C)c1C(F)F. The van der Waals surface area contributed by atoms with Gasteiger partial charge in [0.15, 0.2) is 0 Å². The van der Waals surface area contributed by atoms with Crippen LogP contribution in [0, 0.1) is 6.92 Å². The lowest BCUT2D eigenvalue weighted by Gasteiger charge is -2.08. The number of H-pyrrole nitrogens is 1. The molecular formula is C8H9F2NO2. The number of aryl methyl sites for hydroxylation is 1. The maximum absolute atomic E-state index is 12.4. The van der Waals surface area contributed by atoms with Crippen molar-refractivity contribution in [3.05, 3.63) is 27.5 Å². The van der Waals surface area contributed by atoms with Gasteiger partial charge in [0.1, 0.15) is 0 Å². The van der Waals surface area contributed by atoms with Gasteiger partial charge in [0.05, 0.1) is 12.7 Å². The minimum absolute atomic E-state index is 0.167. The van der Waals surface area contributed by atoms with Gasteiger partial charge >= 0.3 is 0 Å². The summed E-state index contributed by atoms with van der Waals surface area (Å²) in [6.45, 7) is 1.44. The van der Waals surface area contributed by atoms with Gasteiger partial charge in [0.2, 0.25) is 5.88 Å². The second-order valence-electron chi connectivity index (χ2n) is 2.56. The van der Waals surface area contributed by atoms with Crippen molar-refractivity contribution in [2.75, 3.05) is 7.11 Å². The third-order valence-electron chi connectivity index (χ3n) is 1.68. The second-order valence-corrected chi connectivity index (χ2v) is 2.56. The summed E-state index contributed by atoms with van der Waals surface area (Å²) in [4.78, 5) is 13.1. The number of aromatic amines is 1. The van der Waals surface area contributed by atoms with Gasteiger partial charge in [-0.3, -0.25) is 9.78 Å². The molecule has 1 rings (SSSR count). The van der Waals surface area contributed by atoms with Crippen LogP contribution in [0.15, 0.2) is 10.9 Å². The molecule has 1 aromatic rings. The lowest BCUT2D eigenvalue weighted by Crippen LogP contribution is -2.10. The van der Waals surface area contributed by atoms with Crippen molar-refractivity contribution in [2.24, 2.45) is 0 Å². The highest BCUT2D eigenvalue weighted by Crippen LogP contribution is 2.28. The average Bonchev–Trinajstić information content (AvgIpc) is 2.01. The predicted molar refractivity (Wildman–Crippen MR) is 43.3 cm³/mol. The van der Waals surface area contributed by atoms with E-state index in [4.69, 9.17) is 0 Å². The normalized spacial score (nSPS) is 10.5. The first kappa shape index (κ1) is 9.70. The number of ether oxygens (including phenoxy) is 1. The van der Waals surface area contributed by atoms with Crippen molar-refractivity contribution in [3.63, 3.8) is 0 Å². The standard InChI is InChI=1S/C8H9F2NO2/c1-4-3-5(12)11-8(13-2)6(4)7(9)10/h3,7H,1-2H3,(H,11,12). The molecular weight excluding hydrogens is 180 g/mol. The van der Waals surface area contributed by atoms with E-state index in [0.29, 0.717) is 0 Å². The van der Waals surface area contributed by atoms with E-state index in [9.17, 15) is 13.6 Å². The topological polar surface area (TPSA) is 42.1 Å². The Morgan fingerprint density at radius 3 is 2.62 bits per heavy atom. The zero-order valence-electron chi connectivity index (χ0n) is 7.23. The van der Waals surface area contributed by atoms with Crippen molar-refractivity contribution in [1.82, 2.24) is 4.98 Å². The minimum atomic E-state index is -2.65. The molecule has 0 amide bonds. The molecule has 0 radical (unpaired) electrons. The summed E-state index contributed by atoms with van der Waals surface area (Å²) in [5.41, 5.74) is -0.476. The van der Waals surface area contributed by atoms with E-state index in [0.717, 1.165) is 6.07 Å². The molecule has 0 bridgehead atoms. The molecule has 0 aliphatic heterocycles. The number of hydrogen-bond acceptors (Lipinski definition) is 2. The maximum atomic E-state index is 12.4. The van der Waals surface area contributed by atoms with Crippen LogP contribution in [0.5, 0.6) is 5.88 Å². The quantitative estimate of drug-likeness (QED) is 0.768. The molecule has 0 aromatic carbocycles. The third-order valence-corrected chi connectivity index (χ3v) is 1.68. The lowest BCUT2D eigenvalue weighted by molar-refractivity contribution is 0.145. The number of aromatic nitrogens is 1. The molecule has 0 aliphatic carbocycles. The second kappa shape index (κ2) is 3.55. The summed E-state index contributed by atoms with van der Waals surface area (Å²) in [5.74, 6) is -0.167. The molecule has 1 N–H and O–H groups in total. The highest BCUT2D eigenvalue weighted by Gasteiger charge is 2.17. The van der Waals surface area contributed by atoms with E-state index in [1.165, 1.54) is 14.0 Å². The molecule has 0 atom stereocenters. The molecule has 0 fully saturated rings. The Balaban J connectivity index is 3.38. The smallest absolute Gasteiger partial charge is 0.269 e. The number of nitrogens with one attached hydrogen (secondary N) is 1. The Bertz CT molecular complexity index is 360. The van der Waals surface area contributed by atoms with Crippen LogP contribution in [0.4, 0.5) is 8.78 Å². The molecule has 13 heavy (non-hydrogen) atoms. The number of alkyl halides is 2. The molecule has 0 spiro atoms. The van der Waals surface area contributed by atoms with Crippen molar-refractivity contribution < 1.29 is 13.5 Å². The van der Waals surface area contributed by atoms with Crippen LogP contribution in [0.25, 0.3) is 0 Å². The Morgan fingerprint density at radius 1 is 1.54 bits per heavy atom. The van der Waals surface area contributed by atoms with Crippen LogP contribution in [-0.2, 0) is 0 Å². The van der Waals surface area contributed by atoms with E-state index in [-0.39, 0.29) is 17.0 Å². The fraction of sp³-hybridized carbons (Fsp3) is 0.375. The van der Waals surface area contributed by atoms with Crippen molar-refractivity contribution >= 4 is 0 Å². The first-order chi connectivity index (χ1) is 6.06. The molecule has 0 saturated carbocycles. The first-order valence-electron chi connectivity index (χ1n) is 3.62. The van der Waals surface area contributed by atoms with Crippen molar-refractivity contribution in [1.29, 1.82) is 0 Å². The summed E-state index contributed by atoms with van der Waals surface area (Å²) < 4.78 is 29.4. The molecule has 0 saturated heterocycles. The number of pyridine rings is 1. The van der Waals surface area contributed by atoms with E-state index >= 15 is 0 Å². The monoisotopic (exact) mass is 189 g/mol. The number of methoxy groups -OCH3 is 1. The zero-order valence-corrected chi connectivity index (χ0v) is 7.23. The largest absolute Gasteiger partial charge is 0.482 e. The fourth-order valence-corrected chi connectivity index (χ4v) is 1.10. The maximum Gasteiger partial charge on any atom is 0.269 e. The number of hydrogen-bond donors (Lipinski definition) is 1. The van der Waals surface area contributed by atoms with Gasteiger partial charge < -0.3 is 4.74 Å². The summed E-state index contributed by atoms with van der Waals surface area (Å²) in [5, 5.41) is 0. The van der Waals surface area contributed by atoms with E-state index in [1.807, 2.05) is 0 Å². The van der Waals surface area contributed by atoms with Crippen molar-refractivity contribution in [2.45, 2.75) is 13.3 Å². The third kappa shape index (κ3) is 1.85. The summed E-state index contributed by atoms with van der Waals surface area (Å²) in [7, 11) is 1.23. The highest BCUT2D eigenvalue weighted by atomic mass is 19.3. The Kier molecular flexibility index (Phi) is 2.65. The van der Waals surface area contributed by atoms with Crippen LogP contribution in [0.3, 0.4) is 0 Å². The molecule has 0 unspecified atom stereocenters. The van der Waals surface area contributed by atoms with Crippen LogP contribution in [0.2, 0.25) is 0 Å². The Hall–Kier alpha value is -1.39. The Labute approximate surface area is 73.4 Å².